The summed E-state index contributed by atoms with van der Waals surface area (Å²) >= 11 is 0. The molecule has 22 nitrogen and oxygen atoms in total. The fourth-order valence-corrected chi connectivity index (χ4v) is 1.92. The summed E-state index contributed by atoms with van der Waals surface area (Å²) in [6, 6.07) is 0.0158. The van der Waals surface area contributed by atoms with Crippen LogP contribution in [0.5, 0.6) is 0 Å². The number of aromatic nitrogens is 2. The average Bonchev–Trinajstić information content (AvgIpc) is 2.87. The molecular formula is C9H20N5O17P3. The molecule has 0 aromatic carbocycles. The quantitative estimate of drug-likeness (QED) is 0.0715. The van der Waals surface area contributed by atoms with Gasteiger partial charge in [0.1, 0.15) is 18.4 Å². The highest BCUT2D eigenvalue weighted by Crippen LogP contribution is 2.30. The molecule has 1 saturated heterocycles. The molecule has 1 aromatic heterocycles. The summed E-state index contributed by atoms with van der Waals surface area (Å²) in [7, 11) is -13.9. The topological polar surface area (TPSA) is 387 Å². The van der Waals surface area contributed by atoms with Crippen molar-refractivity contribution >= 4 is 23.5 Å². The summed E-state index contributed by atoms with van der Waals surface area (Å²) in [5.74, 6) is 0. The number of nitrogens with zero attached hydrogens (tertiary/aromatic N) is 4. The monoisotopic (exact) mass is 563 g/mol. The van der Waals surface area contributed by atoms with Crippen molar-refractivity contribution in [3.8, 4) is 0 Å². The molecule has 0 saturated carbocycles. The Morgan fingerprint density at radius 2 is 1.41 bits per heavy atom. The third-order valence-corrected chi connectivity index (χ3v) is 2.83. The Labute approximate surface area is 186 Å². The number of ether oxygens (including phenoxy) is 1. The molecule has 1 aromatic rings. The van der Waals surface area contributed by atoms with Crippen LogP contribution in [0.4, 0.5) is 0 Å². The van der Waals surface area contributed by atoms with Crippen LogP contribution in [0, 0.1) is 0 Å². The van der Waals surface area contributed by atoms with Gasteiger partial charge in [-0.1, -0.05) is 5.11 Å². The van der Waals surface area contributed by atoms with E-state index in [1.54, 1.807) is 0 Å². The van der Waals surface area contributed by atoms with E-state index < -0.39 is 65.8 Å². The van der Waals surface area contributed by atoms with Crippen molar-refractivity contribution in [3.63, 3.8) is 0 Å². The van der Waals surface area contributed by atoms with Gasteiger partial charge in [-0.2, -0.15) is 0 Å². The smallest absolute Gasteiger partial charge is 0.394 e. The summed E-state index contributed by atoms with van der Waals surface area (Å²) < 4.78 is 32.9. The molecule has 34 heavy (non-hydrogen) atoms. The van der Waals surface area contributed by atoms with Gasteiger partial charge >= 0.3 is 29.2 Å². The van der Waals surface area contributed by atoms with E-state index in [1.807, 2.05) is 4.98 Å². The lowest BCUT2D eigenvalue weighted by Gasteiger charge is -2.17. The number of azide groups is 1. The van der Waals surface area contributed by atoms with Gasteiger partial charge in [-0.3, -0.25) is 14.3 Å². The van der Waals surface area contributed by atoms with E-state index >= 15 is 0 Å². The Morgan fingerprint density at radius 3 is 1.74 bits per heavy atom. The predicted molar refractivity (Wildman–Crippen MR) is 104 cm³/mol. The normalized spacial score (nSPS) is 22.0. The molecule has 2 rings (SSSR count). The maximum absolute atomic E-state index is 11.6. The van der Waals surface area contributed by atoms with Crippen LogP contribution in [0.15, 0.2) is 27.0 Å². The average molecular weight is 563 g/mol. The lowest BCUT2D eigenvalue weighted by Crippen LogP contribution is -2.36. The first-order valence-electron chi connectivity index (χ1n) is 7.73. The Hall–Kier alpha value is -1.80. The maximum atomic E-state index is 11.6. The summed E-state index contributed by atoms with van der Waals surface area (Å²) in [4.78, 5) is 91.9. The van der Waals surface area contributed by atoms with Crippen LogP contribution in [0.2, 0.25) is 0 Å². The van der Waals surface area contributed by atoms with Gasteiger partial charge in [0, 0.05) is 17.2 Å². The van der Waals surface area contributed by atoms with E-state index in [-0.39, 0.29) is 0 Å². The molecule has 198 valence electrons. The fourth-order valence-electron chi connectivity index (χ4n) is 1.92. The number of rotatable bonds is 3. The zero-order valence-electron chi connectivity index (χ0n) is 16.2. The van der Waals surface area contributed by atoms with Gasteiger partial charge in [-0.25, -0.2) is 18.5 Å². The van der Waals surface area contributed by atoms with Crippen LogP contribution in [0.1, 0.15) is 6.23 Å². The van der Waals surface area contributed by atoms with E-state index in [9.17, 15) is 14.7 Å². The van der Waals surface area contributed by atoms with Gasteiger partial charge in [0.25, 0.3) is 5.56 Å². The van der Waals surface area contributed by atoms with Gasteiger partial charge in [0.05, 0.1) is 12.7 Å². The Kier molecular flexibility index (Phi) is 14.7. The molecule has 1 aliphatic heterocycles. The molecule has 0 amide bonds. The molecule has 1 aliphatic rings. The minimum atomic E-state index is -4.64. The first-order chi connectivity index (χ1) is 15.1. The number of hydrogen-bond acceptors (Lipinski definition) is 9. The minimum Gasteiger partial charge on any atom is -0.394 e. The molecule has 0 spiro atoms. The van der Waals surface area contributed by atoms with Crippen molar-refractivity contribution in [2.45, 2.75) is 24.5 Å². The number of phosphoric acid groups is 3. The fraction of sp³-hybridized carbons (Fsp3) is 0.556. The number of aliphatic hydroxyl groups is 2. The predicted octanol–water partition coefficient (Wildman–Crippen LogP) is -4.32. The highest BCUT2D eigenvalue weighted by molar-refractivity contribution is 7.45. The first kappa shape index (κ1) is 34.4. The number of nitrogens with one attached hydrogen (secondary N) is 1. The van der Waals surface area contributed by atoms with Gasteiger partial charge in [-0.15, -0.1) is 0 Å². The zero-order valence-corrected chi connectivity index (χ0v) is 18.9. The van der Waals surface area contributed by atoms with Crippen LogP contribution in [0.3, 0.4) is 0 Å². The summed E-state index contributed by atoms with van der Waals surface area (Å²) in [5, 5.41) is 22.2. The Bertz CT molecular complexity index is 993. The third kappa shape index (κ3) is 19.6. The standard InChI is InChI=1S/C9H11N5O5.3H3O4P/c10-13-12-6-7(17)4(3-15)19-8(6)14-2-1-5(16)11-9(14)18;3*1-5(2,3)4/h1-2,4,6-8,15,17H,3H2,(H,11,16,18);3*(H3,1,2,3,4)/t4-,6?,7-,8-;;;/m1.../s1. The molecule has 25 heteroatoms. The molecule has 0 aliphatic carbocycles. The lowest BCUT2D eigenvalue weighted by atomic mass is 10.1. The number of aromatic amines is 1. The van der Waals surface area contributed by atoms with Crippen molar-refractivity contribution in [1.29, 1.82) is 0 Å². The van der Waals surface area contributed by atoms with E-state index in [0.29, 0.717) is 0 Å². The molecule has 12 N–H and O–H groups in total. The van der Waals surface area contributed by atoms with E-state index in [1.165, 1.54) is 0 Å². The Morgan fingerprint density at radius 1 is 1.00 bits per heavy atom. The summed E-state index contributed by atoms with van der Waals surface area (Å²) in [5.41, 5.74) is 7.12. The lowest BCUT2D eigenvalue weighted by molar-refractivity contribution is -0.0464. The second-order valence-corrected chi connectivity index (χ2v) is 8.57. The first-order valence-corrected chi connectivity index (χ1v) is 12.4. The molecular weight excluding hydrogens is 543 g/mol. The van der Waals surface area contributed by atoms with E-state index in [4.69, 9.17) is 73.1 Å². The number of hydrogen-bond donors (Lipinski definition) is 12. The molecule has 0 bridgehead atoms. The second-order valence-electron chi connectivity index (χ2n) is 5.49. The molecule has 4 atom stereocenters. The van der Waals surface area contributed by atoms with Crippen molar-refractivity contribution in [1.82, 2.24) is 9.55 Å². The zero-order chi connectivity index (χ0) is 27.5. The van der Waals surface area contributed by atoms with Crippen LogP contribution < -0.4 is 11.2 Å². The van der Waals surface area contributed by atoms with Crippen molar-refractivity contribution in [2.24, 2.45) is 5.11 Å². The van der Waals surface area contributed by atoms with Crippen LogP contribution >= 0.6 is 23.5 Å². The van der Waals surface area contributed by atoms with Crippen molar-refractivity contribution in [2.75, 3.05) is 6.61 Å². The highest BCUT2D eigenvalue weighted by Gasteiger charge is 2.44. The van der Waals surface area contributed by atoms with Crippen LogP contribution in [0.25, 0.3) is 10.4 Å². The summed E-state index contributed by atoms with van der Waals surface area (Å²) in [6.07, 6.45) is -2.14. The number of H-pyrrole nitrogens is 1. The van der Waals surface area contributed by atoms with Gasteiger partial charge in [0.2, 0.25) is 0 Å². The number of aliphatic hydroxyl groups excluding tert-OH is 2. The van der Waals surface area contributed by atoms with E-state index in [0.717, 1.165) is 16.8 Å². The molecule has 0 radical (unpaired) electrons. The highest BCUT2D eigenvalue weighted by atomic mass is 31.2. The van der Waals surface area contributed by atoms with E-state index in [2.05, 4.69) is 10.0 Å². The van der Waals surface area contributed by atoms with Gasteiger partial charge in [-0.05, 0) is 5.53 Å². The third-order valence-electron chi connectivity index (χ3n) is 2.83. The largest absolute Gasteiger partial charge is 0.466 e. The second kappa shape index (κ2) is 14.6. The van der Waals surface area contributed by atoms with Gasteiger partial charge in [0.15, 0.2) is 0 Å². The van der Waals surface area contributed by atoms with Crippen molar-refractivity contribution in [3.05, 3.63) is 43.5 Å². The van der Waals surface area contributed by atoms with Crippen LogP contribution in [-0.2, 0) is 18.4 Å². The summed E-state index contributed by atoms with van der Waals surface area (Å²) in [6.45, 7) is -0.493. The minimum absolute atomic E-state index is 0.493. The SMILES string of the molecule is O=P(O)(O)O.O=P(O)(O)O.O=P(O)(O)O.[N-]=[N+]=NC1[C@H](n2ccc(=O)[nH]c2=O)O[C@H](CO)[C@H]1O. The van der Waals surface area contributed by atoms with Crippen LogP contribution in [-0.4, -0.2) is 88.7 Å². The van der Waals surface area contributed by atoms with Crippen molar-refractivity contribution < 1.29 is 72.7 Å². The Balaban J connectivity index is 0. The molecule has 1 fully saturated rings. The molecule has 2 heterocycles. The molecule has 1 unspecified atom stereocenters. The van der Waals surface area contributed by atoms with Gasteiger partial charge < -0.3 is 59.0 Å². The maximum Gasteiger partial charge on any atom is 0.466 e.